The van der Waals surface area contributed by atoms with Crippen LogP contribution in [0.25, 0.3) is 12.2 Å². The summed E-state index contributed by atoms with van der Waals surface area (Å²) in [5.41, 5.74) is 2.01. The van der Waals surface area contributed by atoms with Gasteiger partial charge in [-0.25, -0.2) is 9.78 Å². The molecule has 0 spiro atoms. The van der Waals surface area contributed by atoms with Gasteiger partial charge in [-0.3, -0.25) is 0 Å². The SMILES string of the molecule is CCOC(=O)N1CCc2nc(C=Cc3ccccc3)oc2C1. The molecule has 1 aromatic carbocycles. The quantitative estimate of drug-likeness (QED) is 0.872. The molecule has 0 fully saturated rings. The summed E-state index contributed by atoms with van der Waals surface area (Å²) in [6.07, 6.45) is 4.20. The van der Waals surface area contributed by atoms with E-state index in [0.29, 0.717) is 32.0 Å². The van der Waals surface area contributed by atoms with E-state index in [2.05, 4.69) is 4.98 Å². The van der Waals surface area contributed by atoms with E-state index >= 15 is 0 Å². The molecule has 1 aliphatic heterocycles. The number of nitrogens with zero attached hydrogens (tertiary/aromatic N) is 2. The average Bonchev–Trinajstić information content (AvgIpc) is 2.96. The smallest absolute Gasteiger partial charge is 0.410 e. The van der Waals surface area contributed by atoms with Gasteiger partial charge in [0.1, 0.15) is 5.76 Å². The van der Waals surface area contributed by atoms with Crippen molar-refractivity contribution in [2.45, 2.75) is 19.9 Å². The van der Waals surface area contributed by atoms with E-state index in [9.17, 15) is 4.79 Å². The van der Waals surface area contributed by atoms with Gasteiger partial charge in [0.15, 0.2) is 0 Å². The lowest BCUT2D eigenvalue weighted by Gasteiger charge is -2.24. The molecule has 0 bridgehead atoms. The Bertz CT molecular complexity index is 676. The van der Waals surface area contributed by atoms with Crippen molar-refractivity contribution < 1.29 is 13.9 Å². The lowest BCUT2D eigenvalue weighted by Crippen LogP contribution is -2.36. The van der Waals surface area contributed by atoms with Crippen LogP contribution in [0.2, 0.25) is 0 Å². The van der Waals surface area contributed by atoms with Crippen LogP contribution in [0.1, 0.15) is 29.8 Å². The predicted molar refractivity (Wildman–Crippen MR) is 83.0 cm³/mol. The zero-order chi connectivity index (χ0) is 15.4. The molecule has 0 saturated heterocycles. The van der Waals surface area contributed by atoms with Crippen molar-refractivity contribution >= 4 is 18.2 Å². The van der Waals surface area contributed by atoms with Crippen molar-refractivity contribution in [3.05, 3.63) is 53.2 Å². The summed E-state index contributed by atoms with van der Waals surface area (Å²) >= 11 is 0. The lowest BCUT2D eigenvalue weighted by molar-refractivity contribution is 0.0989. The van der Waals surface area contributed by atoms with Crippen molar-refractivity contribution in [3.63, 3.8) is 0 Å². The number of benzene rings is 1. The van der Waals surface area contributed by atoms with Crippen molar-refractivity contribution in [3.8, 4) is 0 Å². The van der Waals surface area contributed by atoms with Gasteiger partial charge in [0.25, 0.3) is 0 Å². The van der Waals surface area contributed by atoms with E-state index < -0.39 is 0 Å². The third kappa shape index (κ3) is 3.19. The van der Waals surface area contributed by atoms with Gasteiger partial charge >= 0.3 is 6.09 Å². The largest absolute Gasteiger partial charge is 0.450 e. The highest BCUT2D eigenvalue weighted by atomic mass is 16.6. The highest BCUT2D eigenvalue weighted by molar-refractivity contribution is 5.68. The lowest BCUT2D eigenvalue weighted by atomic mass is 10.2. The monoisotopic (exact) mass is 298 g/mol. The summed E-state index contributed by atoms with van der Waals surface area (Å²) in [6.45, 7) is 3.21. The van der Waals surface area contributed by atoms with Crippen molar-refractivity contribution in [1.29, 1.82) is 0 Å². The fourth-order valence-electron chi connectivity index (χ4n) is 2.39. The second-order valence-corrected chi connectivity index (χ2v) is 5.04. The summed E-state index contributed by atoms with van der Waals surface area (Å²) in [6, 6.07) is 9.98. The van der Waals surface area contributed by atoms with E-state index in [1.165, 1.54) is 0 Å². The fourth-order valence-corrected chi connectivity index (χ4v) is 2.39. The minimum atomic E-state index is -0.300. The Kier molecular flexibility index (Phi) is 4.23. The molecule has 0 N–H and O–H groups in total. The summed E-state index contributed by atoms with van der Waals surface area (Å²) in [5, 5.41) is 0. The van der Waals surface area contributed by atoms with E-state index in [0.717, 1.165) is 17.0 Å². The number of oxazole rings is 1. The van der Waals surface area contributed by atoms with Gasteiger partial charge in [0.05, 0.1) is 18.8 Å². The third-order valence-electron chi connectivity index (χ3n) is 3.49. The number of aromatic nitrogens is 1. The van der Waals surface area contributed by atoms with Crippen LogP contribution < -0.4 is 0 Å². The van der Waals surface area contributed by atoms with Crippen LogP contribution in [0.5, 0.6) is 0 Å². The van der Waals surface area contributed by atoms with Crippen LogP contribution in [0, 0.1) is 0 Å². The normalized spacial score (nSPS) is 14.1. The zero-order valence-corrected chi connectivity index (χ0v) is 12.5. The van der Waals surface area contributed by atoms with Gasteiger partial charge in [-0.05, 0) is 18.6 Å². The Labute approximate surface area is 129 Å². The number of hydrogen-bond acceptors (Lipinski definition) is 4. The first kappa shape index (κ1) is 14.4. The Balaban J connectivity index is 1.71. The first-order chi connectivity index (χ1) is 10.8. The van der Waals surface area contributed by atoms with Crippen LogP contribution in [0.4, 0.5) is 4.79 Å². The molecular weight excluding hydrogens is 280 g/mol. The molecular formula is C17H18N2O3. The van der Waals surface area contributed by atoms with E-state index in [1.807, 2.05) is 42.5 Å². The molecule has 0 aliphatic carbocycles. The number of fused-ring (bicyclic) bond motifs is 1. The predicted octanol–water partition coefficient (Wildman–Crippen LogP) is 3.36. The minimum Gasteiger partial charge on any atom is -0.450 e. The van der Waals surface area contributed by atoms with E-state index in [-0.39, 0.29) is 6.09 Å². The maximum Gasteiger partial charge on any atom is 0.410 e. The zero-order valence-electron chi connectivity index (χ0n) is 12.5. The third-order valence-corrected chi connectivity index (χ3v) is 3.49. The summed E-state index contributed by atoms with van der Waals surface area (Å²) in [5.74, 6) is 1.31. The van der Waals surface area contributed by atoms with Gasteiger partial charge in [-0.2, -0.15) is 0 Å². The summed E-state index contributed by atoms with van der Waals surface area (Å²) < 4.78 is 10.8. The van der Waals surface area contributed by atoms with Crippen LogP contribution in [0.3, 0.4) is 0 Å². The van der Waals surface area contributed by atoms with Gasteiger partial charge in [0, 0.05) is 19.0 Å². The first-order valence-corrected chi connectivity index (χ1v) is 7.39. The Morgan fingerprint density at radius 2 is 2.18 bits per heavy atom. The number of amides is 1. The molecule has 0 unspecified atom stereocenters. The molecule has 0 radical (unpaired) electrons. The van der Waals surface area contributed by atoms with Gasteiger partial charge in [0.2, 0.25) is 5.89 Å². The molecule has 0 atom stereocenters. The molecule has 0 saturated carbocycles. The number of carbonyl (C=O) groups is 1. The molecule has 2 heterocycles. The Hall–Kier alpha value is -2.56. The van der Waals surface area contributed by atoms with Crippen molar-refractivity contribution in [1.82, 2.24) is 9.88 Å². The summed E-state index contributed by atoms with van der Waals surface area (Å²) in [7, 11) is 0. The van der Waals surface area contributed by atoms with Crippen LogP contribution in [-0.2, 0) is 17.7 Å². The van der Waals surface area contributed by atoms with Gasteiger partial charge < -0.3 is 14.1 Å². The van der Waals surface area contributed by atoms with Crippen molar-refractivity contribution in [2.75, 3.05) is 13.2 Å². The van der Waals surface area contributed by atoms with E-state index in [1.54, 1.807) is 11.8 Å². The molecule has 5 nitrogen and oxygen atoms in total. The summed E-state index contributed by atoms with van der Waals surface area (Å²) in [4.78, 5) is 17.9. The molecule has 1 aromatic heterocycles. The Morgan fingerprint density at radius 1 is 1.36 bits per heavy atom. The minimum absolute atomic E-state index is 0.300. The Morgan fingerprint density at radius 3 is 2.95 bits per heavy atom. The second-order valence-electron chi connectivity index (χ2n) is 5.04. The van der Waals surface area contributed by atoms with Crippen LogP contribution in [0.15, 0.2) is 34.7 Å². The molecule has 5 heteroatoms. The maximum atomic E-state index is 11.8. The number of hydrogen-bond donors (Lipinski definition) is 0. The number of ether oxygens (including phenoxy) is 1. The van der Waals surface area contributed by atoms with E-state index in [4.69, 9.17) is 9.15 Å². The van der Waals surface area contributed by atoms with Crippen LogP contribution in [-0.4, -0.2) is 29.1 Å². The topological polar surface area (TPSA) is 55.6 Å². The first-order valence-electron chi connectivity index (χ1n) is 7.39. The maximum absolute atomic E-state index is 11.8. The van der Waals surface area contributed by atoms with Gasteiger partial charge in [-0.15, -0.1) is 0 Å². The highest BCUT2D eigenvalue weighted by Crippen LogP contribution is 2.21. The van der Waals surface area contributed by atoms with Crippen molar-refractivity contribution in [2.24, 2.45) is 0 Å². The highest BCUT2D eigenvalue weighted by Gasteiger charge is 2.25. The standard InChI is InChI=1S/C17H18N2O3/c1-2-21-17(20)19-11-10-14-15(12-19)22-16(18-14)9-8-13-6-4-3-5-7-13/h3-9H,2,10-12H2,1H3. The van der Waals surface area contributed by atoms with Gasteiger partial charge in [-0.1, -0.05) is 30.3 Å². The molecule has 22 heavy (non-hydrogen) atoms. The molecule has 114 valence electrons. The molecule has 1 amide bonds. The molecule has 3 rings (SSSR count). The molecule has 1 aliphatic rings. The number of carbonyl (C=O) groups excluding carboxylic acids is 1. The molecule has 2 aromatic rings. The number of rotatable bonds is 3. The fraction of sp³-hybridized carbons (Fsp3) is 0.294. The second kappa shape index (κ2) is 6.47. The van der Waals surface area contributed by atoms with Crippen LogP contribution >= 0.6 is 0 Å². The average molecular weight is 298 g/mol.